The van der Waals surface area contributed by atoms with E-state index in [0.29, 0.717) is 11.1 Å². The van der Waals surface area contributed by atoms with Crippen molar-refractivity contribution in [3.05, 3.63) is 34.2 Å². The van der Waals surface area contributed by atoms with E-state index >= 15 is 0 Å². The van der Waals surface area contributed by atoms with Gasteiger partial charge in [-0.1, -0.05) is 11.2 Å². The Hall–Kier alpha value is -2.44. The van der Waals surface area contributed by atoms with Crippen LogP contribution in [0.4, 0.5) is 0 Å². The molecule has 7 nitrogen and oxygen atoms in total. The lowest BCUT2D eigenvalue weighted by Crippen LogP contribution is -2.50. The molecule has 0 amide bonds. The van der Waals surface area contributed by atoms with Crippen LogP contribution in [0.25, 0.3) is 0 Å². The van der Waals surface area contributed by atoms with Crippen molar-refractivity contribution >= 4 is 11.9 Å². The van der Waals surface area contributed by atoms with Gasteiger partial charge < -0.3 is 15.3 Å². The van der Waals surface area contributed by atoms with Crippen molar-refractivity contribution < 1.29 is 24.9 Å². The molecule has 1 aromatic carbocycles. The molecule has 1 saturated carbocycles. The fraction of sp³-hybridized carbons (Fsp3) is 0.429. The Morgan fingerprint density at radius 2 is 1.76 bits per heavy atom. The zero-order chi connectivity index (χ0) is 15.3. The Morgan fingerprint density at radius 1 is 1.10 bits per heavy atom. The Labute approximate surface area is 119 Å². The molecule has 1 aromatic rings. The van der Waals surface area contributed by atoms with E-state index in [1.807, 2.05) is 0 Å². The fourth-order valence-corrected chi connectivity index (χ4v) is 3.92. The second kappa shape index (κ2) is 4.54. The van der Waals surface area contributed by atoms with Crippen LogP contribution in [0.1, 0.15) is 29.4 Å². The molecule has 3 aliphatic carbocycles. The molecule has 0 aromatic heterocycles. The number of carboxylic acid groups (broad SMARTS) is 2. The molecule has 5 unspecified atom stereocenters. The normalized spacial score (nSPS) is 33.2. The first-order valence-corrected chi connectivity index (χ1v) is 6.56. The third-order valence-corrected chi connectivity index (χ3v) is 4.65. The molecular weight excluding hydrogens is 278 g/mol. The van der Waals surface area contributed by atoms with Crippen LogP contribution >= 0.6 is 0 Å². The minimum atomic E-state index is -1.25. The molecule has 0 aliphatic heterocycles. The van der Waals surface area contributed by atoms with Crippen LogP contribution in [-0.2, 0) is 9.59 Å². The quantitative estimate of drug-likeness (QED) is 0.725. The smallest absolute Gasteiger partial charge is 0.308 e. The van der Waals surface area contributed by atoms with Gasteiger partial charge in [0.25, 0.3) is 0 Å². The average Bonchev–Trinajstić information content (AvgIpc) is 2.45. The molecular formula is C14H13NO6. The summed E-state index contributed by atoms with van der Waals surface area (Å²) in [5.41, 5.74) is 1.23. The summed E-state index contributed by atoms with van der Waals surface area (Å²) in [5.74, 6) is -6.15. The van der Waals surface area contributed by atoms with Crippen LogP contribution in [0.5, 0.6) is 5.75 Å². The number of fused-ring (bicyclic) bond motifs is 2. The summed E-state index contributed by atoms with van der Waals surface area (Å²) in [6, 6.07) is 3.69. The van der Waals surface area contributed by atoms with Crippen LogP contribution in [0.15, 0.2) is 23.4 Å². The second-order valence-corrected chi connectivity index (χ2v) is 5.58. The molecule has 0 radical (unpaired) electrons. The van der Waals surface area contributed by atoms with E-state index in [1.54, 1.807) is 6.07 Å². The van der Waals surface area contributed by atoms with Crippen LogP contribution < -0.4 is 0 Å². The number of nitroso groups, excluding NO2 is 1. The third kappa shape index (κ3) is 1.80. The fourth-order valence-electron chi connectivity index (χ4n) is 3.92. The molecule has 110 valence electrons. The molecule has 4 rings (SSSR count). The standard InChI is InChI=1S/C14H13NO6/c16-5-1-2-6-7(3-5)10-9(15-21)4-8(6)11(13(17)18)12(10)14(19)20/h1-3,8-12,16H,4H2,(H,17,18)(H,19,20). The zero-order valence-corrected chi connectivity index (χ0v) is 10.8. The summed E-state index contributed by atoms with van der Waals surface area (Å²) >= 11 is 0. The van der Waals surface area contributed by atoms with Crippen LogP contribution in [0.2, 0.25) is 0 Å². The monoisotopic (exact) mass is 291 g/mol. The Kier molecular flexibility index (Phi) is 2.93. The predicted octanol–water partition coefficient (Wildman–Crippen LogP) is 1.51. The van der Waals surface area contributed by atoms with E-state index in [9.17, 15) is 29.8 Å². The maximum absolute atomic E-state index is 11.5. The van der Waals surface area contributed by atoms with E-state index < -0.39 is 41.7 Å². The first-order chi connectivity index (χ1) is 9.95. The lowest BCUT2D eigenvalue weighted by atomic mass is 9.54. The first kappa shape index (κ1) is 13.5. The van der Waals surface area contributed by atoms with Crippen LogP contribution in [-0.4, -0.2) is 33.3 Å². The SMILES string of the molecule is O=NC1CC2c3ccc(O)cc3C1C(C(=O)O)C2C(=O)O. The van der Waals surface area contributed by atoms with E-state index in [0.717, 1.165) is 0 Å². The summed E-state index contributed by atoms with van der Waals surface area (Å²) in [7, 11) is 0. The molecule has 0 spiro atoms. The van der Waals surface area contributed by atoms with Gasteiger partial charge in [0.2, 0.25) is 0 Å². The summed E-state index contributed by atoms with van der Waals surface area (Å²) in [6.45, 7) is 0. The average molecular weight is 291 g/mol. The Bertz CT molecular complexity index is 642. The minimum absolute atomic E-state index is 0.0398. The summed E-state index contributed by atoms with van der Waals surface area (Å²) in [5, 5.41) is 31.4. The lowest BCUT2D eigenvalue weighted by molar-refractivity contribution is -0.159. The van der Waals surface area contributed by atoms with Crippen molar-refractivity contribution in [2.75, 3.05) is 0 Å². The highest BCUT2D eigenvalue weighted by atomic mass is 16.4. The number of carbonyl (C=O) groups is 2. The van der Waals surface area contributed by atoms with Gasteiger partial charge in [0, 0.05) is 11.8 Å². The van der Waals surface area contributed by atoms with Crippen molar-refractivity contribution in [3.63, 3.8) is 0 Å². The van der Waals surface area contributed by atoms with Gasteiger partial charge in [-0.15, -0.1) is 0 Å². The maximum atomic E-state index is 11.5. The van der Waals surface area contributed by atoms with Crippen molar-refractivity contribution in [2.45, 2.75) is 24.3 Å². The van der Waals surface area contributed by atoms with Gasteiger partial charge in [-0.05, 0) is 29.7 Å². The predicted molar refractivity (Wildman–Crippen MR) is 70.0 cm³/mol. The molecule has 21 heavy (non-hydrogen) atoms. The number of benzene rings is 1. The van der Waals surface area contributed by atoms with E-state index in [2.05, 4.69) is 5.18 Å². The van der Waals surface area contributed by atoms with Crippen LogP contribution in [0.3, 0.4) is 0 Å². The van der Waals surface area contributed by atoms with Gasteiger partial charge in [-0.2, -0.15) is 4.91 Å². The number of carboxylic acids is 2. The second-order valence-electron chi connectivity index (χ2n) is 5.58. The van der Waals surface area contributed by atoms with Crippen molar-refractivity contribution in [3.8, 4) is 5.75 Å². The summed E-state index contributed by atoms with van der Waals surface area (Å²) in [6.07, 6.45) is 0.229. The van der Waals surface area contributed by atoms with Gasteiger partial charge in [0.05, 0.1) is 11.8 Å². The van der Waals surface area contributed by atoms with E-state index in [1.165, 1.54) is 12.1 Å². The maximum Gasteiger partial charge on any atom is 0.308 e. The molecule has 5 atom stereocenters. The Morgan fingerprint density at radius 3 is 2.33 bits per heavy atom. The van der Waals surface area contributed by atoms with Gasteiger partial charge in [0.1, 0.15) is 11.8 Å². The zero-order valence-electron chi connectivity index (χ0n) is 10.8. The minimum Gasteiger partial charge on any atom is -0.508 e. The number of phenolic OH excluding ortho intramolecular Hbond substituents is 1. The molecule has 0 saturated heterocycles. The summed E-state index contributed by atoms with van der Waals surface area (Å²) < 4.78 is 0. The lowest BCUT2D eigenvalue weighted by Gasteiger charge is -2.48. The third-order valence-electron chi connectivity index (χ3n) is 4.65. The van der Waals surface area contributed by atoms with Crippen LogP contribution in [0, 0.1) is 16.7 Å². The van der Waals surface area contributed by atoms with Crippen molar-refractivity contribution in [1.82, 2.24) is 0 Å². The molecule has 3 N–H and O–H groups in total. The van der Waals surface area contributed by atoms with Crippen molar-refractivity contribution in [2.24, 2.45) is 17.0 Å². The van der Waals surface area contributed by atoms with Gasteiger partial charge in [0.15, 0.2) is 0 Å². The molecule has 1 fully saturated rings. The van der Waals surface area contributed by atoms with Gasteiger partial charge in [-0.3, -0.25) is 9.59 Å². The van der Waals surface area contributed by atoms with E-state index in [-0.39, 0.29) is 12.2 Å². The first-order valence-electron chi connectivity index (χ1n) is 6.56. The number of rotatable bonds is 3. The topological polar surface area (TPSA) is 124 Å². The molecule has 7 heteroatoms. The number of nitrogens with zero attached hydrogens (tertiary/aromatic N) is 1. The Balaban J connectivity index is 2.23. The highest BCUT2D eigenvalue weighted by molar-refractivity contribution is 5.84. The number of hydrogen-bond acceptors (Lipinski definition) is 5. The number of aliphatic carboxylic acids is 2. The number of hydrogen-bond donors (Lipinski definition) is 3. The highest BCUT2D eigenvalue weighted by Crippen LogP contribution is 2.57. The van der Waals surface area contributed by atoms with Gasteiger partial charge in [-0.25, -0.2) is 0 Å². The molecule has 0 heterocycles. The largest absolute Gasteiger partial charge is 0.508 e. The van der Waals surface area contributed by atoms with Crippen molar-refractivity contribution in [1.29, 1.82) is 0 Å². The van der Waals surface area contributed by atoms with Gasteiger partial charge >= 0.3 is 11.9 Å². The van der Waals surface area contributed by atoms with E-state index in [4.69, 9.17) is 0 Å². The number of phenols is 1. The summed E-state index contributed by atoms with van der Waals surface area (Å²) in [4.78, 5) is 34.1. The number of aromatic hydroxyl groups is 1. The molecule has 2 bridgehead atoms. The highest BCUT2D eigenvalue weighted by Gasteiger charge is 2.57. The molecule has 3 aliphatic rings.